The van der Waals surface area contributed by atoms with Crippen LogP contribution in [-0.4, -0.2) is 42.0 Å². The van der Waals surface area contributed by atoms with Crippen LogP contribution in [0, 0.1) is 16.0 Å². The van der Waals surface area contributed by atoms with Gasteiger partial charge in [0.2, 0.25) is 0 Å². The summed E-state index contributed by atoms with van der Waals surface area (Å²) in [5.41, 5.74) is 0.187. The summed E-state index contributed by atoms with van der Waals surface area (Å²) < 4.78 is 5.38. The van der Waals surface area contributed by atoms with E-state index in [0.717, 1.165) is 6.42 Å². The number of ether oxygens (including phenoxy) is 1. The maximum Gasteiger partial charge on any atom is 0.287 e. The molecule has 0 saturated carbocycles. The second-order valence-corrected chi connectivity index (χ2v) is 5.40. The number of nitro groups is 1. The standard InChI is InChI=1S/C14H17ClN2O4/c1-2-21-9-10-5-6-16(8-10)14(18)11-3-4-13(17(19)20)12(15)7-11/h3-4,7,10H,2,5-6,8-9H2,1H3/t10-/m0/s1. The summed E-state index contributed by atoms with van der Waals surface area (Å²) in [5.74, 6) is 0.202. The average molecular weight is 313 g/mol. The van der Waals surface area contributed by atoms with E-state index < -0.39 is 4.92 Å². The fraction of sp³-hybridized carbons (Fsp3) is 0.500. The first-order valence-electron chi connectivity index (χ1n) is 6.84. The highest BCUT2D eigenvalue weighted by Crippen LogP contribution is 2.26. The van der Waals surface area contributed by atoms with Crippen LogP contribution in [0.5, 0.6) is 0 Å². The van der Waals surface area contributed by atoms with Crippen LogP contribution in [0.3, 0.4) is 0 Å². The van der Waals surface area contributed by atoms with Gasteiger partial charge < -0.3 is 9.64 Å². The first-order valence-corrected chi connectivity index (χ1v) is 7.21. The highest BCUT2D eigenvalue weighted by atomic mass is 35.5. The molecule has 0 aliphatic carbocycles. The van der Waals surface area contributed by atoms with E-state index in [4.69, 9.17) is 16.3 Å². The largest absolute Gasteiger partial charge is 0.381 e. The van der Waals surface area contributed by atoms with Gasteiger partial charge in [-0.3, -0.25) is 14.9 Å². The zero-order valence-corrected chi connectivity index (χ0v) is 12.5. The van der Waals surface area contributed by atoms with E-state index in [2.05, 4.69) is 0 Å². The average Bonchev–Trinajstić information content (AvgIpc) is 2.92. The molecule has 1 atom stereocenters. The Bertz CT molecular complexity index is 550. The zero-order valence-electron chi connectivity index (χ0n) is 11.8. The normalized spacial score (nSPS) is 18.0. The molecule has 0 aromatic heterocycles. The summed E-state index contributed by atoms with van der Waals surface area (Å²) in [4.78, 5) is 24.2. The predicted octanol–water partition coefficient (Wildman–Crippen LogP) is 2.75. The van der Waals surface area contributed by atoms with E-state index in [1.54, 1.807) is 4.90 Å². The lowest BCUT2D eigenvalue weighted by atomic mass is 10.1. The molecule has 1 aromatic rings. The Morgan fingerprint density at radius 3 is 2.95 bits per heavy atom. The van der Waals surface area contributed by atoms with Crippen LogP contribution >= 0.6 is 11.6 Å². The number of likely N-dealkylation sites (tertiary alicyclic amines) is 1. The van der Waals surface area contributed by atoms with E-state index in [1.165, 1.54) is 18.2 Å². The number of benzene rings is 1. The van der Waals surface area contributed by atoms with Crippen molar-refractivity contribution >= 4 is 23.2 Å². The van der Waals surface area contributed by atoms with Crippen LogP contribution < -0.4 is 0 Å². The quantitative estimate of drug-likeness (QED) is 0.619. The molecular formula is C14H17ClN2O4. The number of hydrogen-bond donors (Lipinski definition) is 0. The van der Waals surface area contributed by atoms with Crippen LogP contribution in [0.15, 0.2) is 18.2 Å². The summed E-state index contributed by atoms with van der Waals surface area (Å²) >= 11 is 5.84. The Labute approximate surface area is 127 Å². The lowest BCUT2D eigenvalue weighted by molar-refractivity contribution is -0.384. The number of amides is 1. The van der Waals surface area contributed by atoms with Crippen molar-refractivity contribution in [3.05, 3.63) is 38.9 Å². The van der Waals surface area contributed by atoms with Crippen molar-refractivity contribution in [3.63, 3.8) is 0 Å². The minimum Gasteiger partial charge on any atom is -0.381 e. The lowest BCUT2D eigenvalue weighted by Crippen LogP contribution is -2.29. The lowest BCUT2D eigenvalue weighted by Gasteiger charge is -2.16. The summed E-state index contributed by atoms with van der Waals surface area (Å²) in [5, 5.41) is 10.7. The van der Waals surface area contributed by atoms with E-state index in [9.17, 15) is 14.9 Å². The highest BCUT2D eigenvalue weighted by Gasteiger charge is 2.27. The molecule has 2 rings (SSSR count). The van der Waals surface area contributed by atoms with Gasteiger partial charge >= 0.3 is 0 Å². The molecule has 1 aliphatic rings. The Morgan fingerprint density at radius 1 is 1.57 bits per heavy atom. The van der Waals surface area contributed by atoms with Gasteiger partial charge in [0.25, 0.3) is 11.6 Å². The third-order valence-corrected chi connectivity index (χ3v) is 3.82. The van der Waals surface area contributed by atoms with Gasteiger partial charge in [-0.1, -0.05) is 11.6 Å². The van der Waals surface area contributed by atoms with E-state index in [1.807, 2.05) is 6.92 Å². The summed E-state index contributed by atoms with van der Waals surface area (Å²) in [6, 6.07) is 4.07. The van der Waals surface area contributed by atoms with Gasteiger partial charge in [0.15, 0.2) is 0 Å². The second kappa shape index (κ2) is 6.87. The molecule has 0 bridgehead atoms. The fourth-order valence-electron chi connectivity index (χ4n) is 2.41. The van der Waals surface area contributed by atoms with Crippen molar-refractivity contribution in [1.29, 1.82) is 0 Å². The van der Waals surface area contributed by atoms with E-state index in [-0.39, 0.29) is 16.6 Å². The van der Waals surface area contributed by atoms with Crippen molar-refractivity contribution in [2.75, 3.05) is 26.3 Å². The number of nitro benzene ring substituents is 1. The van der Waals surface area contributed by atoms with Crippen molar-refractivity contribution in [1.82, 2.24) is 4.90 Å². The van der Waals surface area contributed by atoms with Crippen LogP contribution in [-0.2, 0) is 4.74 Å². The molecule has 1 saturated heterocycles. The fourth-order valence-corrected chi connectivity index (χ4v) is 2.66. The topological polar surface area (TPSA) is 72.7 Å². The molecule has 21 heavy (non-hydrogen) atoms. The summed E-state index contributed by atoms with van der Waals surface area (Å²) in [6.07, 6.45) is 0.909. The zero-order chi connectivity index (χ0) is 15.4. The van der Waals surface area contributed by atoms with Gasteiger partial charge in [0.1, 0.15) is 5.02 Å². The molecule has 0 N–H and O–H groups in total. The molecule has 1 aliphatic heterocycles. The Balaban J connectivity index is 2.04. The van der Waals surface area contributed by atoms with E-state index >= 15 is 0 Å². The Hall–Kier alpha value is -1.66. The van der Waals surface area contributed by atoms with Crippen molar-refractivity contribution < 1.29 is 14.5 Å². The molecular weight excluding hydrogens is 296 g/mol. The third-order valence-electron chi connectivity index (χ3n) is 3.52. The number of nitrogens with zero attached hydrogens (tertiary/aromatic N) is 2. The van der Waals surface area contributed by atoms with Crippen LogP contribution in [0.25, 0.3) is 0 Å². The van der Waals surface area contributed by atoms with Crippen LogP contribution in [0.4, 0.5) is 5.69 Å². The van der Waals surface area contributed by atoms with Gasteiger partial charge in [-0.05, 0) is 25.5 Å². The molecule has 1 heterocycles. The summed E-state index contributed by atoms with van der Waals surface area (Å²) in [6.45, 7) is 4.58. The Morgan fingerprint density at radius 2 is 2.33 bits per heavy atom. The predicted molar refractivity (Wildman–Crippen MR) is 78.6 cm³/mol. The molecule has 0 radical (unpaired) electrons. The molecule has 1 aromatic carbocycles. The van der Waals surface area contributed by atoms with Gasteiger partial charge in [-0.2, -0.15) is 0 Å². The van der Waals surface area contributed by atoms with Crippen molar-refractivity contribution in [2.45, 2.75) is 13.3 Å². The molecule has 114 valence electrons. The minimum absolute atomic E-state index is 0.0177. The maximum atomic E-state index is 12.4. The van der Waals surface area contributed by atoms with Gasteiger partial charge in [0, 0.05) is 37.2 Å². The van der Waals surface area contributed by atoms with Gasteiger partial charge in [0.05, 0.1) is 11.5 Å². The molecule has 6 nitrogen and oxygen atoms in total. The first-order chi connectivity index (χ1) is 10.0. The molecule has 1 amide bonds. The Kier molecular flexibility index (Phi) is 5.14. The first kappa shape index (κ1) is 15.7. The van der Waals surface area contributed by atoms with Gasteiger partial charge in [-0.25, -0.2) is 0 Å². The van der Waals surface area contributed by atoms with Crippen LogP contribution in [0.1, 0.15) is 23.7 Å². The smallest absolute Gasteiger partial charge is 0.287 e. The molecule has 0 unspecified atom stereocenters. The SMILES string of the molecule is CCOC[C@H]1CCN(C(=O)c2ccc([N+](=O)[O-])c(Cl)c2)C1. The third kappa shape index (κ3) is 3.71. The molecule has 7 heteroatoms. The highest BCUT2D eigenvalue weighted by molar-refractivity contribution is 6.33. The van der Waals surface area contributed by atoms with Gasteiger partial charge in [-0.15, -0.1) is 0 Å². The van der Waals surface area contributed by atoms with Crippen molar-refractivity contribution in [3.8, 4) is 0 Å². The number of halogens is 1. The molecule has 1 fully saturated rings. The monoisotopic (exact) mass is 312 g/mol. The molecule has 0 spiro atoms. The maximum absolute atomic E-state index is 12.4. The van der Waals surface area contributed by atoms with E-state index in [0.29, 0.717) is 37.8 Å². The number of hydrogen-bond acceptors (Lipinski definition) is 4. The summed E-state index contributed by atoms with van der Waals surface area (Å²) in [7, 11) is 0. The second-order valence-electron chi connectivity index (χ2n) is 4.99. The number of carbonyl (C=O) groups excluding carboxylic acids is 1. The minimum atomic E-state index is -0.565. The van der Waals surface area contributed by atoms with Crippen molar-refractivity contribution in [2.24, 2.45) is 5.92 Å². The number of carbonyl (C=O) groups is 1. The van der Waals surface area contributed by atoms with Crippen LogP contribution in [0.2, 0.25) is 5.02 Å². The number of rotatable bonds is 5.